The molecule has 0 spiro atoms. The van der Waals surface area contributed by atoms with Crippen LogP contribution in [0.3, 0.4) is 0 Å². The van der Waals surface area contributed by atoms with Gasteiger partial charge in [0.25, 0.3) is 0 Å². The Hall–Kier alpha value is -1.80. The van der Waals surface area contributed by atoms with E-state index < -0.39 is 9.84 Å². The maximum atomic E-state index is 12.3. The zero-order valence-corrected chi connectivity index (χ0v) is 15.6. The van der Waals surface area contributed by atoms with E-state index in [9.17, 15) is 13.2 Å². The molecule has 0 bridgehead atoms. The third-order valence-corrected chi connectivity index (χ3v) is 5.90. The summed E-state index contributed by atoms with van der Waals surface area (Å²) in [4.78, 5) is 12.0. The van der Waals surface area contributed by atoms with Gasteiger partial charge < -0.3 is 5.32 Å². The fourth-order valence-electron chi connectivity index (χ4n) is 2.03. The van der Waals surface area contributed by atoms with E-state index in [-0.39, 0.29) is 24.0 Å². The Morgan fingerprint density at radius 1 is 1.21 bits per heavy atom. The lowest BCUT2D eigenvalue weighted by atomic mass is 10.1. The number of amides is 1. The predicted octanol–water partition coefficient (Wildman–Crippen LogP) is 2.85. The molecule has 1 amide bonds. The fourth-order valence-corrected chi connectivity index (χ4v) is 4.16. The summed E-state index contributed by atoms with van der Waals surface area (Å²) in [7, 11) is -3.35. The van der Waals surface area contributed by atoms with Crippen LogP contribution < -0.4 is 5.32 Å². The van der Waals surface area contributed by atoms with Crippen LogP contribution in [0.25, 0.3) is 0 Å². The van der Waals surface area contributed by atoms with E-state index in [0.29, 0.717) is 21.5 Å². The Bertz CT molecular complexity index is 796. The highest BCUT2D eigenvalue weighted by Crippen LogP contribution is 2.19. The maximum Gasteiger partial charge on any atom is 0.226 e. The fraction of sp³-hybridized carbons (Fsp3) is 0.438. The van der Waals surface area contributed by atoms with E-state index in [4.69, 9.17) is 0 Å². The van der Waals surface area contributed by atoms with Crippen LogP contribution in [0.15, 0.2) is 29.2 Å². The zero-order chi connectivity index (χ0) is 17.7. The van der Waals surface area contributed by atoms with Gasteiger partial charge in [-0.2, -0.15) is 0 Å². The summed E-state index contributed by atoms with van der Waals surface area (Å²) < 4.78 is 24.6. The van der Waals surface area contributed by atoms with E-state index in [1.807, 2.05) is 20.8 Å². The highest BCUT2D eigenvalue weighted by atomic mass is 32.2. The van der Waals surface area contributed by atoms with E-state index in [1.54, 1.807) is 24.3 Å². The van der Waals surface area contributed by atoms with Gasteiger partial charge in [-0.3, -0.25) is 4.79 Å². The van der Waals surface area contributed by atoms with Gasteiger partial charge >= 0.3 is 0 Å². The van der Waals surface area contributed by atoms with Crippen molar-refractivity contribution in [3.05, 3.63) is 34.8 Å². The van der Waals surface area contributed by atoms with E-state index in [1.165, 1.54) is 11.3 Å². The molecule has 0 fully saturated rings. The third kappa shape index (κ3) is 5.38. The van der Waals surface area contributed by atoms with Crippen molar-refractivity contribution < 1.29 is 13.2 Å². The molecule has 1 aromatic heterocycles. The van der Waals surface area contributed by atoms with Gasteiger partial charge in [-0.25, -0.2) is 8.42 Å². The van der Waals surface area contributed by atoms with Crippen molar-refractivity contribution in [1.82, 2.24) is 10.2 Å². The summed E-state index contributed by atoms with van der Waals surface area (Å²) in [6.07, 6.45) is 0.685. The van der Waals surface area contributed by atoms with Crippen LogP contribution in [-0.4, -0.2) is 30.3 Å². The Kier molecular flexibility index (Phi) is 6.06. The molecular formula is C16H21N3O3S2. The van der Waals surface area contributed by atoms with Gasteiger partial charge in [0.1, 0.15) is 5.01 Å². The molecular weight excluding hydrogens is 346 g/mol. The first-order valence-corrected chi connectivity index (χ1v) is 10.1. The maximum absolute atomic E-state index is 12.3. The first-order valence-electron chi connectivity index (χ1n) is 7.68. The van der Waals surface area contributed by atoms with E-state index >= 15 is 0 Å². The minimum Gasteiger partial charge on any atom is -0.301 e. The van der Waals surface area contributed by atoms with Gasteiger partial charge in [-0.15, -0.1) is 10.2 Å². The lowest BCUT2D eigenvalue weighted by Crippen LogP contribution is -2.13. The van der Waals surface area contributed by atoms with Gasteiger partial charge in [0, 0.05) is 12.8 Å². The van der Waals surface area contributed by atoms with E-state index in [0.717, 1.165) is 5.56 Å². The number of aromatic nitrogens is 2. The minimum absolute atomic E-state index is 0.0371. The van der Waals surface area contributed by atoms with Crippen molar-refractivity contribution in [1.29, 1.82) is 0 Å². The lowest BCUT2D eigenvalue weighted by molar-refractivity contribution is -0.116. The predicted molar refractivity (Wildman–Crippen MR) is 94.9 cm³/mol. The van der Waals surface area contributed by atoms with Crippen molar-refractivity contribution in [2.45, 2.75) is 38.5 Å². The molecule has 0 aliphatic carbocycles. The number of hydrogen-bond acceptors (Lipinski definition) is 6. The van der Waals surface area contributed by atoms with Crippen molar-refractivity contribution in [2.75, 3.05) is 11.1 Å². The third-order valence-electron chi connectivity index (χ3n) is 3.27. The highest BCUT2D eigenvalue weighted by Gasteiger charge is 2.16. The molecule has 2 rings (SSSR count). The van der Waals surface area contributed by atoms with Gasteiger partial charge in [0.05, 0.1) is 10.6 Å². The average Bonchev–Trinajstić information content (AvgIpc) is 2.92. The first-order chi connectivity index (χ1) is 11.3. The Morgan fingerprint density at radius 2 is 1.88 bits per heavy atom. The van der Waals surface area contributed by atoms with Crippen LogP contribution in [0.4, 0.5) is 5.13 Å². The van der Waals surface area contributed by atoms with Crippen molar-refractivity contribution in [3.63, 3.8) is 0 Å². The van der Waals surface area contributed by atoms with Crippen molar-refractivity contribution in [2.24, 2.45) is 5.92 Å². The number of hydrogen-bond donors (Lipinski definition) is 1. The van der Waals surface area contributed by atoms with Crippen LogP contribution in [0.5, 0.6) is 0 Å². The summed E-state index contributed by atoms with van der Waals surface area (Å²) in [5.41, 5.74) is 1.01. The largest absolute Gasteiger partial charge is 0.301 e. The molecule has 1 N–H and O–H groups in total. The van der Waals surface area contributed by atoms with Crippen LogP contribution in [0.2, 0.25) is 0 Å². The van der Waals surface area contributed by atoms with Crippen molar-refractivity contribution >= 4 is 32.2 Å². The molecule has 8 heteroatoms. The van der Waals surface area contributed by atoms with Crippen LogP contribution in [-0.2, 0) is 21.1 Å². The van der Waals surface area contributed by atoms with E-state index in [2.05, 4.69) is 15.5 Å². The lowest BCUT2D eigenvalue weighted by Gasteiger charge is -2.03. The summed E-state index contributed by atoms with van der Waals surface area (Å²) in [6.45, 7) is 5.83. The summed E-state index contributed by atoms with van der Waals surface area (Å²) >= 11 is 1.21. The molecule has 24 heavy (non-hydrogen) atoms. The van der Waals surface area contributed by atoms with Gasteiger partial charge in [-0.05, 0) is 25.0 Å². The Balaban J connectivity index is 1.95. The molecule has 0 radical (unpaired) electrons. The Morgan fingerprint density at radius 3 is 2.50 bits per heavy atom. The molecule has 0 saturated heterocycles. The van der Waals surface area contributed by atoms with Gasteiger partial charge in [0.15, 0.2) is 9.84 Å². The SMILES string of the molecule is Cc1ccc(S(=O)(=O)CCc2nnc(NC(=O)CC(C)C)s2)cc1. The molecule has 130 valence electrons. The number of nitrogens with one attached hydrogen (secondary N) is 1. The number of carbonyl (C=O) groups is 1. The first kappa shape index (κ1) is 18.5. The number of benzene rings is 1. The van der Waals surface area contributed by atoms with Gasteiger partial charge in [-0.1, -0.05) is 42.9 Å². The standard InChI is InChI=1S/C16H21N3O3S2/c1-11(2)10-14(20)17-16-19-18-15(23-16)8-9-24(21,22)13-6-4-12(3)5-7-13/h4-7,11H,8-10H2,1-3H3,(H,17,19,20). The van der Waals surface area contributed by atoms with Crippen LogP contribution in [0, 0.1) is 12.8 Å². The second-order valence-electron chi connectivity index (χ2n) is 6.03. The monoisotopic (exact) mass is 367 g/mol. The average molecular weight is 367 g/mol. The molecule has 1 heterocycles. The molecule has 0 aliphatic heterocycles. The molecule has 0 aliphatic rings. The quantitative estimate of drug-likeness (QED) is 0.813. The summed E-state index contributed by atoms with van der Waals surface area (Å²) in [5.74, 6) is 0.113. The van der Waals surface area contributed by atoms with Gasteiger partial charge in [0.2, 0.25) is 11.0 Å². The second-order valence-corrected chi connectivity index (χ2v) is 9.20. The number of nitrogens with zero attached hydrogens (tertiary/aromatic N) is 2. The number of carbonyl (C=O) groups excluding carboxylic acids is 1. The molecule has 0 unspecified atom stereocenters. The van der Waals surface area contributed by atoms with Crippen molar-refractivity contribution in [3.8, 4) is 0 Å². The number of sulfone groups is 1. The highest BCUT2D eigenvalue weighted by molar-refractivity contribution is 7.91. The normalized spacial score (nSPS) is 11.7. The molecule has 0 atom stereocenters. The molecule has 0 saturated carbocycles. The topological polar surface area (TPSA) is 89.0 Å². The number of aryl methyl sites for hydroxylation is 2. The number of rotatable bonds is 7. The van der Waals surface area contributed by atoms with Crippen LogP contribution >= 0.6 is 11.3 Å². The zero-order valence-electron chi connectivity index (χ0n) is 13.9. The summed E-state index contributed by atoms with van der Waals surface area (Å²) in [6, 6.07) is 6.78. The molecule has 6 nitrogen and oxygen atoms in total. The minimum atomic E-state index is -3.35. The smallest absolute Gasteiger partial charge is 0.226 e. The van der Waals surface area contributed by atoms with Crippen LogP contribution in [0.1, 0.15) is 30.8 Å². The molecule has 2 aromatic rings. The molecule has 1 aromatic carbocycles. The second kappa shape index (κ2) is 7.85. The number of anilines is 1. The summed E-state index contributed by atoms with van der Waals surface area (Å²) in [5, 5.41) is 11.5. The Labute approximate surface area is 146 Å².